The number of para-hydroxylation sites is 1. The molecule has 0 radical (unpaired) electrons. The summed E-state index contributed by atoms with van der Waals surface area (Å²) in [5.41, 5.74) is 0.408. The fourth-order valence-electron chi connectivity index (χ4n) is 1.93. The van der Waals surface area contributed by atoms with Crippen molar-refractivity contribution in [3.05, 3.63) is 48.0 Å². The van der Waals surface area contributed by atoms with E-state index >= 15 is 0 Å². The van der Waals surface area contributed by atoms with Gasteiger partial charge in [-0.1, -0.05) is 23.9 Å². The molecule has 0 unspecified atom stereocenters. The van der Waals surface area contributed by atoms with Gasteiger partial charge in [0.05, 0.1) is 9.79 Å². The second-order valence-electron chi connectivity index (χ2n) is 4.39. The third-order valence-corrected chi connectivity index (χ3v) is 3.99. The third-order valence-electron chi connectivity index (χ3n) is 2.90. The highest BCUT2D eigenvalue weighted by molar-refractivity contribution is 7.99. The highest BCUT2D eigenvalue weighted by Crippen LogP contribution is 2.46. The number of nitrogens with one attached hydrogen (secondary N) is 1. The van der Waals surface area contributed by atoms with Crippen molar-refractivity contribution in [2.75, 3.05) is 6.54 Å². The zero-order valence-corrected chi connectivity index (χ0v) is 11.6. The highest BCUT2D eigenvalue weighted by atomic mass is 32.2. The number of carbonyl (C=O) groups excluding carboxylic acids is 1. The first kappa shape index (κ1) is 13.5. The Morgan fingerprint density at radius 1 is 1.10 bits per heavy atom. The Morgan fingerprint density at radius 3 is 2.67 bits per heavy atom. The van der Waals surface area contributed by atoms with Gasteiger partial charge in [0.15, 0.2) is 0 Å². The van der Waals surface area contributed by atoms with Crippen LogP contribution in [-0.2, 0) is 4.79 Å². The number of carboxylic acid groups (broad SMARTS) is 1. The normalized spacial score (nSPS) is 11.8. The molecule has 0 saturated carbocycles. The number of hydrogen-bond donors (Lipinski definition) is 2. The molecule has 1 amide bonds. The lowest BCUT2D eigenvalue weighted by molar-refractivity contribution is -0.135. The molecule has 2 N–H and O–H groups in total. The number of benzene rings is 2. The molecule has 106 valence electrons. The van der Waals surface area contributed by atoms with Crippen molar-refractivity contribution < 1.29 is 19.4 Å². The van der Waals surface area contributed by atoms with Gasteiger partial charge in [-0.2, -0.15) is 0 Å². The Morgan fingerprint density at radius 2 is 1.86 bits per heavy atom. The van der Waals surface area contributed by atoms with Crippen LogP contribution in [-0.4, -0.2) is 23.5 Å². The van der Waals surface area contributed by atoms with Gasteiger partial charge in [-0.15, -0.1) is 0 Å². The first-order valence-electron chi connectivity index (χ1n) is 6.22. The summed E-state index contributed by atoms with van der Waals surface area (Å²) in [6.07, 6.45) is 0. The number of aliphatic carboxylic acids is 1. The zero-order chi connectivity index (χ0) is 14.8. The third kappa shape index (κ3) is 2.85. The molecular formula is C15H11NO4S. The first-order valence-corrected chi connectivity index (χ1v) is 7.04. The second kappa shape index (κ2) is 5.49. The number of carbonyl (C=O) groups is 2. The van der Waals surface area contributed by atoms with Gasteiger partial charge in [-0.05, 0) is 30.3 Å². The number of carboxylic acids is 1. The van der Waals surface area contributed by atoms with E-state index in [1.54, 1.807) is 18.2 Å². The molecule has 2 aromatic carbocycles. The van der Waals surface area contributed by atoms with E-state index in [0.29, 0.717) is 11.3 Å². The Labute approximate surface area is 124 Å². The number of hydrogen-bond acceptors (Lipinski definition) is 4. The molecule has 2 aromatic rings. The molecule has 1 heterocycles. The molecule has 3 rings (SSSR count). The van der Waals surface area contributed by atoms with Crippen LogP contribution in [0.1, 0.15) is 10.4 Å². The van der Waals surface area contributed by atoms with E-state index in [9.17, 15) is 9.59 Å². The second-order valence-corrected chi connectivity index (χ2v) is 5.47. The number of fused-ring (bicyclic) bond motifs is 2. The summed E-state index contributed by atoms with van der Waals surface area (Å²) in [6.45, 7) is -0.400. The Balaban J connectivity index is 1.83. The summed E-state index contributed by atoms with van der Waals surface area (Å²) in [7, 11) is 0. The summed E-state index contributed by atoms with van der Waals surface area (Å²) in [5.74, 6) is -0.0147. The summed E-state index contributed by atoms with van der Waals surface area (Å²) in [4.78, 5) is 24.1. The molecule has 0 saturated heterocycles. The van der Waals surface area contributed by atoms with Crippen molar-refractivity contribution in [3.63, 3.8) is 0 Å². The quantitative estimate of drug-likeness (QED) is 0.778. The van der Waals surface area contributed by atoms with Gasteiger partial charge >= 0.3 is 5.97 Å². The lowest BCUT2D eigenvalue weighted by Crippen LogP contribution is -2.29. The monoisotopic (exact) mass is 301 g/mol. The van der Waals surface area contributed by atoms with E-state index < -0.39 is 18.4 Å². The summed E-state index contributed by atoms with van der Waals surface area (Å²) in [5, 5.41) is 10.9. The van der Waals surface area contributed by atoms with Gasteiger partial charge in [0, 0.05) is 5.56 Å². The minimum absolute atomic E-state index is 0.400. The van der Waals surface area contributed by atoms with Crippen LogP contribution in [0.5, 0.6) is 11.5 Å². The predicted octanol–water partition coefficient (Wildman–Crippen LogP) is 2.76. The number of ether oxygens (including phenoxy) is 1. The van der Waals surface area contributed by atoms with Gasteiger partial charge < -0.3 is 15.2 Å². The Bertz CT molecular complexity index is 729. The van der Waals surface area contributed by atoms with E-state index in [2.05, 4.69) is 5.32 Å². The van der Waals surface area contributed by atoms with Gasteiger partial charge in [0.2, 0.25) is 0 Å². The van der Waals surface area contributed by atoms with E-state index in [1.165, 1.54) is 11.8 Å². The van der Waals surface area contributed by atoms with Gasteiger partial charge in [-0.3, -0.25) is 9.59 Å². The van der Waals surface area contributed by atoms with Crippen LogP contribution in [0.25, 0.3) is 0 Å². The summed E-state index contributed by atoms with van der Waals surface area (Å²) < 4.78 is 5.76. The number of rotatable bonds is 3. The minimum atomic E-state index is -1.08. The molecule has 0 spiro atoms. The Kier molecular flexibility index (Phi) is 3.53. The highest BCUT2D eigenvalue weighted by Gasteiger charge is 2.19. The van der Waals surface area contributed by atoms with Gasteiger partial charge in [0.1, 0.15) is 18.0 Å². The van der Waals surface area contributed by atoms with E-state index in [4.69, 9.17) is 9.84 Å². The fraction of sp³-hybridized carbons (Fsp3) is 0.0667. The number of amides is 1. The maximum absolute atomic E-state index is 11.9. The first-order chi connectivity index (χ1) is 10.1. The van der Waals surface area contributed by atoms with Crippen LogP contribution in [0.4, 0.5) is 0 Å². The van der Waals surface area contributed by atoms with Crippen LogP contribution in [0.15, 0.2) is 52.3 Å². The van der Waals surface area contributed by atoms with Crippen molar-refractivity contribution in [2.45, 2.75) is 9.79 Å². The van der Waals surface area contributed by atoms with Crippen LogP contribution >= 0.6 is 11.8 Å². The fourth-order valence-corrected chi connectivity index (χ4v) is 2.92. The van der Waals surface area contributed by atoms with Crippen LogP contribution in [0.3, 0.4) is 0 Å². The van der Waals surface area contributed by atoms with Crippen molar-refractivity contribution in [1.82, 2.24) is 5.32 Å². The van der Waals surface area contributed by atoms with Gasteiger partial charge in [-0.25, -0.2) is 0 Å². The molecule has 5 nitrogen and oxygen atoms in total. The maximum Gasteiger partial charge on any atom is 0.322 e. The molecule has 21 heavy (non-hydrogen) atoms. The molecule has 0 fully saturated rings. The predicted molar refractivity (Wildman–Crippen MR) is 77.1 cm³/mol. The average Bonchev–Trinajstić information content (AvgIpc) is 2.50. The van der Waals surface area contributed by atoms with Gasteiger partial charge in [0.25, 0.3) is 5.91 Å². The Hall–Kier alpha value is -2.47. The molecule has 0 aliphatic carbocycles. The largest absolute Gasteiger partial charge is 0.480 e. The SMILES string of the molecule is O=C(O)CNC(=O)c1ccc2c(c1)Sc1ccccc1O2. The molecule has 0 atom stereocenters. The zero-order valence-electron chi connectivity index (χ0n) is 10.8. The minimum Gasteiger partial charge on any atom is -0.480 e. The average molecular weight is 301 g/mol. The van der Waals surface area contributed by atoms with Crippen molar-refractivity contribution >= 4 is 23.6 Å². The standard InChI is InChI=1S/C15H11NO4S/c17-14(18)8-16-15(19)9-5-6-11-13(7-9)21-12-4-2-1-3-10(12)20-11/h1-7H,8H2,(H,16,19)(H,17,18). The summed E-state index contributed by atoms with van der Waals surface area (Å²) in [6, 6.07) is 12.7. The topological polar surface area (TPSA) is 75.6 Å². The molecule has 0 aromatic heterocycles. The van der Waals surface area contributed by atoms with Crippen molar-refractivity contribution in [3.8, 4) is 11.5 Å². The molecule has 1 aliphatic rings. The lowest BCUT2D eigenvalue weighted by atomic mass is 10.2. The van der Waals surface area contributed by atoms with Crippen LogP contribution in [0.2, 0.25) is 0 Å². The van der Waals surface area contributed by atoms with Crippen molar-refractivity contribution in [2.24, 2.45) is 0 Å². The molecule has 0 bridgehead atoms. The van der Waals surface area contributed by atoms with E-state index in [-0.39, 0.29) is 0 Å². The summed E-state index contributed by atoms with van der Waals surface area (Å²) >= 11 is 1.52. The lowest BCUT2D eigenvalue weighted by Gasteiger charge is -2.19. The molecular weight excluding hydrogens is 290 g/mol. The smallest absolute Gasteiger partial charge is 0.322 e. The molecule has 1 aliphatic heterocycles. The van der Waals surface area contributed by atoms with Crippen LogP contribution in [0, 0.1) is 0 Å². The molecule has 6 heteroatoms. The van der Waals surface area contributed by atoms with Crippen molar-refractivity contribution in [1.29, 1.82) is 0 Å². The van der Waals surface area contributed by atoms with Crippen LogP contribution < -0.4 is 10.1 Å². The van der Waals surface area contributed by atoms with E-state index in [1.807, 2.05) is 24.3 Å². The van der Waals surface area contributed by atoms with E-state index in [0.717, 1.165) is 15.5 Å². The maximum atomic E-state index is 11.9.